The van der Waals surface area contributed by atoms with Gasteiger partial charge in [-0.15, -0.1) is 0 Å². The summed E-state index contributed by atoms with van der Waals surface area (Å²) >= 11 is 0. The Morgan fingerprint density at radius 1 is 1.21 bits per heavy atom. The second kappa shape index (κ2) is 12.1. The molecule has 0 saturated heterocycles. The van der Waals surface area contributed by atoms with Crippen LogP contribution in [0.5, 0.6) is 11.5 Å². The number of sulfone groups is 1. The summed E-state index contributed by atoms with van der Waals surface area (Å²) in [6.07, 6.45) is 8.69. The van der Waals surface area contributed by atoms with Crippen LogP contribution in [-0.4, -0.2) is 38.8 Å². The second-order valence-corrected chi connectivity index (χ2v) is 9.09. The zero-order chi connectivity index (χ0) is 21.9. The molecule has 0 aliphatic heterocycles. The van der Waals surface area contributed by atoms with Gasteiger partial charge in [0.2, 0.25) is 5.91 Å². The van der Waals surface area contributed by atoms with Gasteiger partial charge in [-0.2, -0.15) is 0 Å². The van der Waals surface area contributed by atoms with Gasteiger partial charge in [0.25, 0.3) is 0 Å². The number of phenolic OH excluding ortho intramolecular Hbond substituents is 1. The topological polar surface area (TPSA) is 92.7 Å². The standard InChI is InChI=1S/C22H31NO5S/c1-17(2)6-5-7-18(3)11-14-28-21-9-8-19(16-20(21)24)10-13-23-22(25)12-15-29(4,26)27/h6,8-9,11-12,15-16,24H,5,7,10,13-14H2,1-4H3,(H,23,25). The summed E-state index contributed by atoms with van der Waals surface area (Å²) in [4.78, 5) is 11.5. The monoisotopic (exact) mass is 421 g/mol. The smallest absolute Gasteiger partial charge is 0.244 e. The molecule has 1 amide bonds. The molecule has 0 aliphatic rings. The van der Waals surface area contributed by atoms with E-state index in [9.17, 15) is 18.3 Å². The number of amides is 1. The molecule has 0 spiro atoms. The van der Waals surface area contributed by atoms with Gasteiger partial charge in [0, 0.05) is 24.3 Å². The normalized spacial score (nSPS) is 12.1. The van der Waals surface area contributed by atoms with Gasteiger partial charge in [0.1, 0.15) is 6.61 Å². The number of ether oxygens (including phenoxy) is 1. The SMILES string of the molecule is CC(C)=CCCC(C)=CCOc1ccc(CCNC(=O)C=CS(C)(=O)=O)cc1O. The molecule has 1 rings (SSSR count). The molecule has 1 aromatic rings. The van der Waals surface area contributed by atoms with Crippen LogP contribution in [0.2, 0.25) is 0 Å². The average Bonchev–Trinajstić information content (AvgIpc) is 2.61. The Balaban J connectivity index is 2.46. The van der Waals surface area contributed by atoms with Crippen molar-refractivity contribution >= 4 is 15.7 Å². The Morgan fingerprint density at radius 2 is 1.93 bits per heavy atom. The van der Waals surface area contributed by atoms with Crippen LogP contribution in [0.15, 0.2) is 53.0 Å². The largest absolute Gasteiger partial charge is 0.504 e. The van der Waals surface area contributed by atoms with E-state index in [0.29, 0.717) is 25.3 Å². The van der Waals surface area contributed by atoms with Crippen LogP contribution in [0.4, 0.5) is 0 Å². The third-order valence-electron chi connectivity index (χ3n) is 3.96. The van der Waals surface area contributed by atoms with E-state index in [4.69, 9.17) is 4.74 Å². The van der Waals surface area contributed by atoms with Crippen molar-refractivity contribution in [2.24, 2.45) is 0 Å². The Morgan fingerprint density at radius 3 is 2.55 bits per heavy atom. The van der Waals surface area contributed by atoms with Gasteiger partial charge < -0.3 is 15.2 Å². The summed E-state index contributed by atoms with van der Waals surface area (Å²) in [7, 11) is -3.32. The molecule has 7 heteroatoms. The predicted octanol–water partition coefficient (Wildman–Crippen LogP) is 3.68. The van der Waals surface area contributed by atoms with Crippen LogP contribution in [0.3, 0.4) is 0 Å². The van der Waals surface area contributed by atoms with Crippen molar-refractivity contribution < 1.29 is 23.1 Å². The molecule has 29 heavy (non-hydrogen) atoms. The lowest BCUT2D eigenvalue weighted by Gasteiger charge is -2.09. The van der Waals surface area contributed by atoms with Crippen molar-refractivity contribution in [1.29, 1.82) is 0 Å². The van der Waals surface area contributed by atoms with E-state index in [2.05, 4.69) is 32.2 Å². The molecular formula is C22H31NO5S. The summed E-state index contributed by atoms with van der Waals surface area (Å²) < 4.78 is 27.6. The summed E-state index contributed by atoms with van der Waals surface area (Å²) in [6.45, 7) is 6.93. The molecule has 0 heterocycles. The number of hydrogen-bond donors (Lipinski definition) is 2. The first-order valence-corrected chi connectivity index (χ1v) is 11.4. The highest BCUT2D eigenvalue weighted by Gasteiger charge is 2.05. The first-order chi connectivity index (χ1) is 13.6. The van der Waals surface area contributed by atoms with Crippen LogP contribution in [-0.2, 0) is 21.1 Å². The van der Waals surface area contributed by atoms with Gasteiger partial charge in [0.15, 0.2) is 21.3 Å². The lowest BCUT2D eigenvalue weighted by Crippen LogP contribution is -2.23. The Labute approximate surface area is 173 Å². The zero-order valence-corrected chi connectivity index (χ0v) is 18.4. The fourth-order valence-corrected chi connectivity index (χ4v) is 2.75. The van der Waals surface area contributed by atoms with Crippen molar-refractivity contribution in [2.45, 2.75) is 40.0 Å². The van der Waals surface area contributed by atoms with Crippen LogP contribution >= 0.6 is 0 Å². The van der Waals surface area contributed by atoms with Crippen molar-refractivity contribution in [2.75, 3.05) is 19.4 Å². The van der Waals surface area contributed by atoms with Gasteiger partial charge in [-0.05, 0) is 63.8 Å². The third kappa shape index (κ3) is 11.8. The summed E-state index contributed by atoms with van der Waals surface area (Å²) in [6, 6.07) is 5.11. The number of aromatic hydroxyl groups is 1. The van der Waals surface area contributed by atoms with E-state index >= 15 is 0 Å². The van der Waals surface area contributed by atoms with E-state index in [-0.39, 0.29) is 5.75 Å². The molecule has 1 aromatic carbocycles. The number of nitrogens with one attached hydrogen (secondary N) is 1. The molecular weight excluding hydrogens is 390 g/mol. The Kier molecular flexibility index (Phi) is 10.2. The second-order valence-electron chi connectivity index (χ2n) is 7.16. The molecule has 0 fully saturated rings. The minimum Gasteiger partial charge on any atom is -0.504 e. The van der Waals surface area contributed by atoms with E-state index in [1.54, 1.807) is 12.1 Å². The van der Waals surface area contributed by atoms with Gasteiger partial charge >= 0.3 is 0 Å². The zero-order valence-electron chi connectivity index (χ0n) is 17.6. The number of allylic oxidation sites excluding steroid dienone is 3. The van der Waals surface area contributed by atoms with Crippen LogP contribution in [0.1, 0.15) is 39.2 Å². The fraction of sp³-hybridized carbons (Fsp3) is 0.409. The van der Waals surface area contributed by atoms with Crippen LogP contribution in [0.25, 0.3) is 0 Å². The fourth-order valence-electron chi connectivity index (χ4n) is 2.38. The Bertz CT molecular complexity index is 878. The first kappa shape index (κ1) is 24.5. The highest BCUT2D eigenvalue weighted by Crippen LogP contribution is 2.27. The van der Waals surface area contributed by atoms with Crippen molar-refractivity contribution in [3.63, 3.8) is 0 Å². The van der Waals surface area contributed by atoms with Crippen molar-refractivity contribution in [1.82, 2.24) is 5.32 Å². The van der Waals surface area contributed by atoms with E-state index in [1.165, 1.54) is 11.1 Å². The number of rotatable bonds is 11. The molecule has 6 nitrogen and oxygen atoms in total. The average molecular weight is 422 g/mol. The van der Waals surface area contributed by atoms with E-state index in [0.717, 1.165) is 36.1 Å². The van der Waals surface area contributed by atoms with Gasteiger partial charge in [-0.25, -0.2) is 8.42 Å². The van der Waals surface area contributed by atoms with Crippen LogP contribution in [0, 0.1) is 0 Å². The molecule has 0 aliphatic carbocycles. The number of phenols is 1. The molecule has 160 valence electrons. The van der Waals surface area contributed by atoms with Crippen molar-refractivity contribution in [3.05, 3.63) is 58.5 Å². The summed E-state index contributed by atoms with van der Waals surface area (Å²) in [5, 5.41) is 13.6. The first-order valence-electron chi connectivity index (χ1n) is 9.46. The molecule has 2 N–H and O–H groups in total. The molecule has 0 aromatic heterocycles. The van der Waals surface area contributed by atoms with Gasteiger partial charge in [-0.3, -0.25) is 4.79 Å². The lowest BCUT2D eigenvalue weighted by atomic mass is 10.1. The maximum Gasteiger partial charge on any atom is 0.244 e. The number of carbonyl (C=O) groups excluding carboxylic acids is 1. The highest BCUT2D eigenvalue weighted by atomic mass is 32.2. The van der Waals surface area contributed by atoms with E-state index in [1.807, 2.05) is 12.1 Å². The predicted molar refractivity (Wildman–Crippen MR) is 117 cm³/mol. The number of carbonyl (C=O) groups is 1. The number of benzene rings is 1. The molecule has 0 radical (unpaired) electrons. The van der Waals surface area contributed by atoms with E-state index < -0.39 is 15.7 Å². The highest BCUT2D eigenvalue weighted by molar-refractivity contribution is 7.93. The lowest BCUT2D eigenvalue weighted by molar-refractivity contribution is -0.116. The van der Waals surface area contributed by atoms with Gasteiger partial charge in [-0.1, -0.05) is 23.3 Å². The Hall–Kier alpha value is -2.54. The number of hydrogen-bond acceptors (Lipinski definition) is 5. The maximum atomic E-state index is 11.5. The summed E-state index contributed by atoms with van der Waals surface area (Å²) in [5.74, 6) is -0.0324. The summed E-state index contributed by atoms with van der Waals surface area (Å²) in [5.41, 5.74) is 3.37. The third-order valence-corrected chi connectivity index (χ3v) is 4.60. The molecule has 0 saturated carbocycles. The minimum absolute atomic E-state index is 0.0430. The van der Waals surface area contributed by atoms with Gasteiger partial charge in [0.05, 0.1) is 0 Å². The molecule has 0 atom stereocenters. The molecule has 0 unspecified atom stereocenters. The maximum absolute atomic E-state index is 11.5. The minimum atomic E-state index is -3.32. The van der Waals surface area contributed by atoms with Crippen molar-refractivity contribution in [3.8, 4) is 11.5 Å². The quantitative estimate of drug-likeness (QED) is 0.420. The van der Waals surface area contributed by atoms with Crippen LogP contribution < -0.4 is 10.1 Å². The molecule has 0 bridgehead atoms.